The van der Waals surface area contributed by atoms with Crippen molar-refractivity contribution in [1.82, 2.24) is 25.2 Å². The first kappa shape index (κ1) is 40.8. The van der Waals surface area contributed by atoms with Gasteiger partial charge in [-0.05, 0) is 99.8 Å². The van der Waals surface area contributed by atoms with Gasteiger partial charge in [-0.2, -0.15) is 0 Å². The van der Waals surface area contributed by atoms with Crippen LogP contribution in [-0.4, -0.2) is 90.9 Å². The summed E-state index contributed by atoms with van der Waals surface area (Å²) in [5, 5.41) is 5.95. The van der Waals surface area contributed by atoms with E-state index < -0.39 is 74.1 Å². The molecule has 1 aromatic carbocycles. The molecule has 0 spiro atoms. The van der Waals surface area contributed by atoms with Gasteiger partial charge in [0.1, 0.15) is 41.3 Å². The van der Waals surface area contributed by atoms with Crippen molar-refractivity contribution < 1.29 is 41.8 Å². The zero-order valence-corrected chi connectivity index (χ0v) is 34.3. The second-order valence-corrected chi connectivity index (χ2v) is 19.6. The monoisotopic (exact) mass is 807 g/mol. The molecule has 7 atom stereocenters. The van der Waals surface area contributed by atoms with E-state index in [-0.39, 0.29) is 31.4 Å². The number of hydrogen-bond acceptors (Lipinski definition) is 10. The highest BCUT2D eigenvalue weighted by Crippen LogP contribution is 2.42. The summed E-state index contributed by atoms with van der Waals surface area (Å²) in [6.45, 7) is 9.38. The summed E-state index contributed by atoms with van der Waals surface area (Å²) in [6.07, 6.45) is 8.73. The second-order valence-electron chi connectivity index (χ2n) is 17.7. The Morgan fingerprint density at radius 1 is 1.04 bits per heavy atom. The smallest absolute Gasteiger partial charge is 0.408 e. The number of benzene rings is 1. The molecule has 3 N–H and O–H groups in total. The van der Waals surface area contributed by atoms with Gasteiger partial charge in [0.15, 0.2) is 0 Å². The molecule has 2 aromatic rings. The maximum Gasteiger partial charge on any atom is 0.408 e. The van der Waals surface area contributed by atoms with E-state index in [1.54, 1.807) is 13.2 Å². The maximum absolute atomic E-state index is 14.8. The Morgan fingerprint density at radius 2 is 1.81 bits per heavy atom. The average Bonchev–Trinajstić information content (AvgIpc) is 3.81. The zero-order valence-electron chi connectivity index (χ0n) is 33.5. The predicted octanol–water partition coefficient (Wildman–Crippen LogP) is 5.08. The molecule has 4 fully saturated rings. The van der Waals surface area contributed by atoms with Crippen molar-refractivity contribution in [3.63, 3.8) is 0 Å². The fraction of sp³-hybridized carbons (Fsp3) is 0.643. The number of pyridine rings is 1. The van der Waals surface area contributed by atoms with Crippen molar-refractivity contribution in [2.75, 3.05) is 13.7 Å². The molecule has 3 aliphatic carbocycles. The Kier molecular flexibility index (Phi) is 11.5. The molecule has 1 saturated heterocycles. The van der Waals surface area contributed by atoms with Gasteiger partial charge in [-0.3, -0.25) is 19.1 Å². The van der Waals surface area contributed by atoms with Gasteiger partial charge in [-0.15, -0.1) is 6.58 Å². The summed E-state index contributed by atoms with van der Waals surface area (Å²) >= 11 is 0. The van der Waals surface area contributed by atoms with Crippen molar-refractivity contribution in [3.8, 4) is 11.5 Å². The first-order valence-electron chi connectivity index (χ1n) is 20.5. The number of hydrogen-bond donors (Lipinski definition) is 3. The van der Waals surface area contributed by atoms with Crippen molar-refractivity contribution in [3.05, 3.63) is 42.6 Å². The summed E-state index contributed by atoms with van der Waals surface area (Å²) in [5.74, 6) is -1.03. The number of nitrogens with one attached hydrogen (secondary N) is 3. The molecule has 14 nitrogen and oxygen atoms in total. The number of alkyl carbamates (subject to hydrolysis) is 1. The molecular formula is C42H57N5O9S. The van der Waals surface area contributed by atoms with Crippen LogP contribution < -0.4 is 24.8 Å². The fourth-order valence-corrected chi connectivity index (χ4v) is 10.4. The lowest BCUT2D eigenvalue weighted by Crippen LogP contribution is -2.70. The van der Waals surface area contributed by atoms with Crippen molar-refractivity contribution in [1.29, 1.82) is 0 Å². The first-order chi connectivity index (χ1) is 27.1. The summed E-state index contributed by atoms with van der Waals surface area (Å²) < 4.78 is 46.2. The van der Waals surface area contributed by atoms with Gasteiger partial charge in [0.2, 0.25) is 21.8 Å². The van der Waals surface area contributed by atoms with Crippen LogP contribution in [0.2, 0.25) is 0 Å². The minimum Gasteiger partial charge on any atom is -0.497 e. The Balaban J connectivity index is 1.24. The number of methoxy groups -OCH3 is 1. The van der Waals surface area contributed by atoms with E-state index >= 15 is 0 Å². The van der Waals surface area contributed by atoms with Crippen LogP contribution >= 0.6 is 0 Å². The summed E-state index contributed by atoms with van der Waals surface area (Å²) in [4.78, 5) is 63.2. The van der Waals surface area contributed by atoms with Crippen LogP contribution in [0, 0.1) is 17.3 Å². The number of nitrogens with zero attached hydrogens (tertiary/aromatic N) is 2. The molecule has 0 radical (unpaired) electrons. The van der Waals surface area contributed by atoms with Gasteiger partial charge in [0.05, 0.1) is 30.1 Å². The third kappa shape index (κ3) is 8.59. The largest absolute Gasteiger partial charge is 0.497 e. The molecule has 7 unspecified atom stereocenters. The number of aryl methyl sites for hydroxylation is 1. The Morgan fingerprint density at radius 3 is 2.49 bits per heavy atom. The lowest BCUT2D eigenvalue weighted by molar-refractivity contribution is -0.145. The molecule has 4 amide bonds. The van der Waals surface area contributed by atoms with Gasteiger partial charge in [-0.25, -0.2) is 18.2 Å². The number of amides is 4. The van der Waals surface area contributed by atoms with E-state index in [2.05, 4.69) is 21.9 Å². The van der Waals surface area contributed by atoms with Crippen LogP contribution in [0.1, 0.15) is 104 Å². The van der Waals surface area contributed by atoms with Crippen molar-refractivity contribution in [2.24, 2.45) is 17.3 Å². The molecule has 3 saturated carbocycles. The molecule has 310 valence electrons. The molecule has 7 rings (SSSR count). The standard InChI is InChI=1S/C42H57N5O9S/c1-6-27-19-20-42(27,39(50)46-57(52,53)30-16-17-30)45-37(48)33-23-29-24-47(33)38(49)36(41(2,3)4)44-40(51)56-34-14-10-12-25(34)11-8-7-9-13-32-35(55-29)22-26-21-28(54-5)15-18-31(26)43-32/h6,15,18,21-22,25,27,29-30,33-34,36H,1,7-14,16-17,19-20,23-24H2,2-5H3,(H,44,51)(H,45,48)(H,46,50). The van der Waals surface area contributed by atoms with E-state index in [0.29, 0.717) is 37.2 Å². The highest BCUT2D eigenvalue weighted by molar-refractivity contribution is 7.91. The van der Waals surface area contributed by atoms with E-state index in [1.807, 2.05) is 45.0 Å². The van der Waals surface area contributed by atoms with E-state index in [9.17, 15) is 27.6 Å². The third-order valence-electron chi connectivity index (χ3n) is 12.6. The summed E-state index contributed by atoms with van der Waals surface area (Å²) in [7, 11) is -2.31. The van der Waals surface area contributed by atoms with Crippen LogP contribution in [0.4, 0.5) is 4.79 Å². The fourth-order valence-electron chi connectivity index (χ4n) is 9.00. The minimum atomic E-state index is -3.91. The topological polar surface area (TPSA) is 182 Å². The number of sulfonamides is 1. The average molecular weight is 808 g/mol. The molecule has 57 heavy (non-hydrogen) atoms. The molecule has 15 heteroatoms. The number of ether oxygens (including phenoxy) is 3. The Hall–Kier alpha value is -4.40. The van der Waals surface area contributed by atoms with Crippen molar-refractivity contribution in [2.45, 2.75) is 139 Å². The number of carbonyl (C=O) groups is 4. The molecule has 1 aromatic heterocycles. The molecule has 2 bridgehead atoms. The molecule has 5 aliphatic rings. The SMILES string of the molecule is C=CC1CCC1(NC(=O)C1CC2CN1C(=O)C(C(C)(C)C)NC(=O)OC1CCCC1CCCCCc1nc3ccc(OC)cc3cc1O2)C(=O)NS(=O)(=O)C1CC1. The highest BCUT2D eigenvalue weighted by Gasteiger charge is 2.56. The lowest BCUT2D eigenvalue weighted by atomic mass is 9.66. The lowest BCUT2D eigenvalue weighted by Gasteiger charge is -2.47. The van der Waals surface area contributed by atoms with Crippen LogP contribution in [0.25, 0.3) is 10.9 Å². The quantitative estimate of drug-likeness (QED) is 0.320. The maximum atomic E-state index is 14.8. The van der Waals surface area contributed by atoms with Gasteiger partial charge in [0.25, 0.3) is 5.91 Å². The van der Waals surface area contributed by atoms with Crippen LogP contribution in [0.15, 0.2) is 36.9 Å². The summed E-state index contributed by atoms with van der Waals surface area (Å²) in [5.41, 5.74) is -0.795. The van der Waals surface area contributed by atoms with E-state index in [1.165, 1.54) is 4.90 Å². The Labute approximate surface area is 335 Å². The van der Waals surface area contributed by atoms with E-state index in [4.69, 9.17) is 19.2 Å². The minimum absolute atomic E-state index is 0.000652. The predicted molar refractivity (Wildman–Crippen MR) is 213 cm³/mol. The van der Waals surface area contributed by atoms with Crippen molar-refractivity contribution >= 4 is 44.7 Å². The highest BCUT2D eigenvalue weighted by atomic mass is 32.2. The van der Waals surface area contributed by atoms with Crippen LogP contribution in [0.3, 0.4) is 0 Å². The molecular weight excluding hydrogens is 751 g/mol. The third-order valence-corrected chi connectivity index (χ3v) is 14.5. The number of fused-ring (bicyclic) bond motifs is 5. The van der Waals surface area contributed by atoms with Crippen LogP contribution in [0.5, 0.6) is 11.5 Å². The molecule has 3 heterocycles. The number of rotatable bonds is 7. The van der Waals surface area contributed by atoms with E-state index in [0.717, 1.165) is 61.5 Å². The van der Waals surface area contributed by atoms with Crippen LogP contribution in [-0.2, 0) is 35.6 Å². The van der Waals surface area contributed by atoms with Gasteiger partial charge in [0, 0.05) is 17.7 Å². The zero-order chi connectivity index (χ0) is 40.7. The van der Waals surface area contributed by atoms with Gasteiger partial charge < -0.3 is 29.7 Å². The molecule has 2 aliphatic heterocycles. The number of carbonyl (C=O) groups excluding carboxylic acids is 4. The normalized spacial score (nSPS) is 29.9. The summed E-state index contributed by atoms with van der Waals surface area (Å²) in [6, 6.07) is 5.39. The number of aromatic nitrogens is 1. The Bertz CT molecular complexity index is 2010. The van der Waals surface area contributed by atoms with Gasteiger partial charge >= 0.3 is 6.09 Å². The first-order valence-corrected chi connectivity index (χ1v) is 22.1. The van der Waals surface area contributed by atoms with Gasteiger partial charge in [-0.1, -0.05) is 39.7 Å². The second kappa shape index (κ2) is 16.1.